The van der Waals surface area contributed by atoms with Gasteiger partial charge in [-0.3, -0.25) is 9.13 Å². The van der Waals surface area contributed by atoms with Crippen LogP contribution in [0.1, 0.15) is 27.0 Å². The molecule has 1 saturated heterocycles. The molecule has 0 unspecified atom stereocenters. The Balaban J connectivity index is 1.85. The van der Waals surface area contributed by atoms with Gasteiger partial charge in [0.05, 0.1) is 19.5 Å². The molecule has 5 atom stereocenters. The number of ether oxygens (including phenoxy) is 3. The first-order valence-corrected chi connectivity index (χ1v) is 12.0. The number of aromatic nitrogens is 4. The van der Waals surface area contributed by atoms with E-state index in [1.165, 1.54) is 17.8 Å². The predicted octanol–water partition coefficient (Wildman–Crippen LogP) is 0.00430. The maximum atomic E-state index is 12.1. The number of aliphatic hydroxyl groups is 2. The molecule has 3 heterocycles. The van der Waals surface area contributed by atoms with Crippen molar-refractivity contribution in [3.05, 3.63) is 11.6 Å². The largest absolute Gasteiger partial charge is 0.463 e. The molecule has 2 aromatic rings. The maximum Gasteiger partial charge on any atom is 0.368 e. The van der Waals surface area contributed by atoms with Crippen LogP contribution in [-0.2, 0) is 23.6 Å². The summed E-state index contributed by atoms with van der Waals surface area (Å²) in [6.07, 6.45) is -4.15. The van der Waals surface area contributed by atoms with Crippen molar-refractivity contribution in [2.45, 2.75) is 50.7 Å². The van der Waals surface area contributed by atoms with E-state index in [9.17, 15) is 29.4 Å². The van der Waals surface area contributed by atoms with E-state index < -0.39 is 50.1 Å². The van der Waals surface area contributed by atoms with Crippen molar-refractivity contribution in [1.29, 1.82) is 0 Å². The lowest BCUT2D eigenvalue weighted by molar-refractivity contribution is -0.166. The van der Waals surface area contributed by atoms with Crippen LogP contribution in [0.15, 0.2) is 6.33 Å². The Morgan fingerprint density at radius 2 is 2.03 bits per heavy atom. The van der Waals surface area contributed by atoms with Crippen LogP contribution in [-0.4, -0.2) is 88.9 Å². The number of nitrogens with zero attached hydrogens (tertiary/aromatic N) is 4. The number of esters is 1. The minimum Gasteiger partial charge on any atom is -0.463 e. The first kappa shape index (κ1) is 25.7. The molecule has 14 nitrogen and oxygen atoms in total. The van der Waals surface area contributed by atoms with E-state index in [4.69, 9.17) is 25.8 Å². The fraction of sp³-hybridized carbons (Fsp3) is 0.647. The average Bonchev–Trinajstić information content (AvgIpc) is 3.27. The van der Waals surface area contributed by atoms with Gasteiger partial charge in [0.25, 0.3) is 5.34 Å². The molecule has 2 aromatic heterocycles. The molecular weight excluding hydrogens is 485 g/mol. The van der Waals surface area contributed by atoms with E-state index >= 15 is 0 Å². The standard InChI is InChI=1S/C17H25ClN5O9P/c1-4-19-12-9-13(22-16(18)21-12)23(7-20-9)14-11(25)10(24)8(32-14)6-31-17(3,33(27,28)29)15(26)30-5-2/h7-8,10-11,14,24-25H,4-6H2,1-3H3,(H,19,21,22)(H2,27,28,29)/t8-,10-,11-,14-,17-/m1/s1. The van der Waals surface area contributed by atoms with Crippen molar-refractivity contribution >= 4 is 42.1 Å². The summed E-state index contributed by atoms with van der Waals surface area (Å²) in [6, 6.07) is 0. The first-order valence-electron chi connectivity index (χ1n) is 9.96. The smallest absolute Gasteiger partial charge is 0.368 e. The fourth-order valence-electron chi connectivity index (χ4n) is 3.23. The highest BCUT2D eigenvalue weighted by molar-refractivity contribution is 7.54. The van der Waals surface area contributed by atoms with Crippen LogP contribution in [0.3, 0.4) is 0 Å². The minimum absolute atomic E-state index is 0.0834. The summed E-state index contributed by atoms with van der Waals surface area (Å²) in [7, 11) is -5.13. The lowest BCUT2D eigenvalue weighted by Crippen LogP contribution is -2.43. The molecule has 0 aliphatic carbocycles. The van der Waals surface area contributed by atoms with Gasteiger partial charge in [-0.15, -0.1) is 0 Å². The van der Waals surface area contributed by atoms with E-state index in [0.717, 1.165) is 6.92 Å². The number of nitrogens with one attached hydrogen (secondary N) is 1. The van der Waals surface area contributed by atoms with Crippen LogP contribution in [0.5, 0.6) is 0 Å². The van der Waals surface area contributed by atoms with Gasteiger partial charge in [-0.05, 0) is 32.4 Å². The van der Waals surface area contributed by atoms with E-state index in [2.05, 4.69) is 20.3 Å². The fourth-order valence-corrected chi connectivity index (χ4v) is 3.94. The summed E-state index contributed by atoms with van der Waals surface area (Å²) in [5, 5.41) is 21.3. The van der Waals surface area contributed by atoms with E-state index in [1.54, 1.807) is 0 Å². The summed E-state index contributed by atoms with van der Waals surface area (Å²) < 4.78 is 28.9. The summed E-state index contributed by atoms with van der Waals surface area (Å²) in [5.41, 5.74) is 0.568. The zero-order valence-corrected chi connectivity index (χ0v) is 19.6. The van der Waals surface area contributed by atoms with E-state index in [0.29, 0.717) is 17.9 Å². The minimum atomic E-state index is -5.13. The third-order valence-electron chi connectivity index (χ3n) is 5.09. The van der Waals surface area contributed by atoms with Crippen molar-refractivity contribution in [3.8, 4) is 0 Å². The van der Waals surface area contributed by atoms with Crippen molar-refractivity contribution in [3.63, 3.8) is 0 Å². The number of rotatable bonds is 9. The first-order chi connectivity index (χ1) is 15.4. The number of halogens is 1. The normalized spacial score (nSPS) is 25.2. The highest BCUT2D eigenvalue weighted by Crippen LogP contribution is 2.52. The summed E-state index contributed by atoms with van der Waals surface area (Å²) in [5.74, 6) is -0.906. The number of anilines is 1. The second-order valence-electron chi connectivity index (χ2n) is 7.30. The van der Waals surface area contributed by atoms with Gasteiger partial charge in [0.2, 0.25) is 5.28 Å². The second-order valence-corrected chi connectivity index (χ2v) is 9.58. The Hall–Kier alpha value is -1.90. The van der Waals surface area contributed by atoms with Crippen LogP contribution < -0.4 is 5.32 Å². The number of aliphatic hydroxyl groups excluding tert-OH is 2. The Morgan fingerprint density at radius 1 is 1.33 bits per heavy atom. The lowest BCUT2D eigenvalue weighted by Gasteiger charge is -2.29. The summed E-state index contributed by atoms with van der Waals surface area (Å²) in [4.78, 5) is 43.8. The van der Waals surface area contributed by atoms with Gasteiger partial charge < -0.3 is 39.5 Å². The number of imidazole rings is 1. The summed E-state index contributed by atoms with van der Waals surface area (Å²) in [6.45, 7) is 3.97. The van der Waals surface area contributed by atoms with Gasteiger partial charge in [-0.25, -0.2) is 9.78 Å². The van der Waals surface area contributed by atoms with Crippen LogP contribution >= 0.6 is 19.2 Å². The second kappa shape index (κ2) is 9.76. The molecule has 0 radical (unpaired) electrons. The maximum absolute atomic E-state index is 12.1. The molecule has 184 valence electrons. The van der Waals surface area contributed by atoms with Gasteiger partial charge in [0.1, 0.15) is 18.3 Å². The molecule has 16 heteroatoms. The third kappa shape index (κ3) is 4.84. The monoisotopic (exact) mass is 509 g/mol. The molecule has 0 bridgehead atoms. The molecule has 0 spiro atoms. The van der Waals surface area contributed by atoms with Gasteiger partial charge in [0.15, 0.2) is 23.2 Å². The van der Waals surface area contributed by atoms with E-state index in [1.807, 2.05) is 6.92 Å². The van der Waals surface area contributed by atoms with Crippen molar-refractivity contribution in [2.24, 2.45) is 0 Å². The highest BCUT2D eigenvalue weighted by Gasteiger charge is 2.54. The zero-order valence-electron chi connectivity index (χ0n) is 18.0. The zero-order chi connectivity index (χ0) is 24.6. The molecule has 3 rings (SSSR count). The van der Waals surface area contributed by atoms with Crippen LogP contribution in [0.2, 0.25) is 5.28 Å². The SMILES string of the molecule is CCNc1nc(Cl)nc2c1ncn2[C@@H]1O[C@H](CO[C@@](C)(C(=O)OCC)P(=O)(O)O)[C@@H](O)[C@H]1O. The molecule has 0 aromatic carbocycles. The molecule has 1 aliphatic rings. The molecule has 1 fully saturated rings. The molecule has 5 N–H and O–H groups in total. The topological polar surface area (TPSA) is 198 Å². The Kier molecular flexibility index (Phi) is 7.61. The van der Waals surface area contributed by atoms with Crippen LogP contribution in [0.25, 0.3) is 11.2 Å². The molecule has 33 heavy (non-hydrogen) atoms. The summed E-state index contributed by atoms with van der Waals surface area (Å²) >= 11 is 5.99. The molecular formula is C17H25ClN5O9P. The third-order valence-corrected chi connectivity index (χ3v) is 6.68. The predicted molar refractivity (Wildman–Crippen MR) is 113 cm³/mol. The van der Waals surface area contributed by atoms with Gasteiger partial charge in [0, 0.05) is 6.54 Å². The van der Waals surface area contributed by atoms with Crippen LogP contribution in [0.4, 0.5) is 5.82 Å². The lowest BCUT2D eigenvalue weighted by atomic mass is 10.1. The number of carbonyl (C=O) groups excluding carboxylic acids is 1. The van der Waals surface area contributed by atoms with Gasteiger partial charge >= 0.3 is 13.6 Å². The number of hydrogen-bond acceptors (Lipinski definition) is 11. The molecule has 1 aliphatic heterocycles. The van der Waals surface area contributed by atoms with Crippen molar-refractivity contribution in [1.82, 2.24) is 19.5 Å². The Morgan fingerprint density at radius 3 is 2.64 bits per heavy atom. The quantitative estimate of drug-likeness (QED) is 0.172. The van der Waals surface area contributed by atoms with Gasteiger partial charge in [-0.1, -0.05) is 0 Å². The molecule has 0 saturated carbocycles. The van der Waals surface area contributed by atoms with Crippen molar-refractivity contribution in [2.75, 3.05) is 25.1 Å². The Labute approximate surface area is 193 Å². The van der Waals surface area contributed by atoms with Crippen molar-refractivity contribution < 1.29 is 43.6 Å². The average molecular weight is 510 g/mol. The Bertz CT molecular complexity index is 1060. The van der Waals surface area contributed by atoms with Gasteiger partial charge in [-0.2, -0.15) is 9.97 Å². The van der Waals surface area contributed by atoms with Crippen LogP contribution in [0, 0.1) is 0 Å². The molecule has 0 amide bonds. The number of hydrogen-bond donors (Lipinski definition) is 5. The number of carbonyl (C=O) groups is 1. The highest BCUT2D eigenvalue weighted by atomic mass is 35.5. The number of fused-ring (bicyclic) bond motifs is 1. The van der Waals surface area contributed by atoms with E-state index in [-0.39, 0.29) is 17.5 Å².